The SMILES string of the molecule is CC(C)(C)C(=O)NCCNS(=O)(=O)Cc1ccccc1. The van der Waals surface area contributed by atoms with Gasteiger partial charge in [0.25, 0.3) is 0 Å². The third-order valence-corrected chi connectivity index (χ3v) is 3.97. The Kier molecular flexibility index (Phi) is 5.71. The van der Waals surface area contributed by atoms with Crippen LogP contribution in [0, 0.1) is 5.41 Å². The van der Waals surface area contributed by atoms with E-state index in [1.807, 2.05) is 26.8 Å². The van der Waals surface area contributed by atoms with Crippen LogP contribution in [0.3, 0.4) is 0 Å². The van der Waals surface area contributed by atoms with Gasteiger partial charge < -0.3 is 5.32 Å². The minimum absolute atomic E-state index is 0.0545. The fraction of sp³-hybridized carbons (Fsp3) is 0.500. The van der Waals surface area contributed by atoms with Crippen molar-refractivity contribution >= 4 is 15.9 Å². The lowest BCUT2D eigenvalue weighted by atomic mass is 9.96. The van der Waals surface area contributed by atoms with Crippen molar-refractivity contribution in [2.45, 2.75) is 26.5 Å². The molecule has 1 aromatic carbocycles. The van der Waals surface area contributed by atoms with E-state index in [0.29, 0.717) is 0 Å². The zero-order chi connectivity index (χ0) is 15.2. The molecule has 6 heteroatoms. The molecule has 0 radical (unpaired) electrons. The van der Waals surface area contributed by atoms with Gasteiger partial charge in [-0.1, -0.05) is 51.1 Å². The second kappa shape index (κ2) is 6.85. The molecule has 0 fully saturated rings. The predicted molar refractivity (Wildman–Crippen MR) is 79.5 cm³/mol. The Bertz CT molecular complexity index is 533. The minimum atomic E-state index is -3.37. The van der Waals surface area contributed by atoms with Crippen LogP contribution in [0.25, 0.3) is 0 Å². The van der Waals surface area contributed by atoms with Crippen molar-refractivity contribution in [3.05, 3.63) is 35.9 Å². The summed E-state index contributed by atoms with van der Waals surface area (Å²) in [5.41, 5.74) is 0.266. The van der Waals surface area contributed by atoms with Gasteiger partial charge in [-0.25, -0.2) is 13.1 Å². The lowest BCUT2D eigenvalue weighted by Crippen LogP contribution is -2.40. The molecule has 0 unspecified atom stereocenters. The molecule has 0 aliphatic heterocycles. The Morgan fingerprint density at radius 1 is 1.10 bits per heavy atom. The van der Waals surface area contributed by atoms with E-state index in [9.17, 15) is 13.2 Å². The molecule has 0 aliphatic carbocycles. The molecule has 20 heavy (non-hydrogen) atoms. The average molecular weight is 298 g/mol. The fourth-order valence-corrected chi connectivity index (χ4v) is 2.64. The molecular formula is C14H22N2O3S. The summed E-state index contributed by atoms with van der Waals surface area (Å²) in [6.45, 7) is 5.90. The number of hydrogen-bond donors (Lipinski definition) is 2. The summed E-state index contributed by atoms with van der Waals surface area (Å²) >= 11 is 0. The third-order valence-electron chi connectivity index (χ3n) is 2.61. The first-order valence-corrected chi connectivity index (χ1v) is 8.15. The van der Waals surface area contributed by atoms with Gasteiger partial charge >= 0.3 is 0 Å². The largest absolute Gasteiger partial charge is 0.354 e. The van der Waals surface area contributed by atoms with Crippen LogP contribution in [-0.4, -0.2) is 27.4 Å². The number of carbonyl (C=O) groups excluding carboxylic acids is 1. The summed E-state index contributed by atoms with van der Waals surface area (Å²) in [5, 5.41) is 2.69. The predicted octanol–water partition coefficient (Wildman–Crippen LogP) is 1.27. The monoisotopic (exact) mass is 298 g/mol. The molecular weight excluding hydrogens is 276 g/mol. The van der Waals surface area contributed by atoms with E-state index in [1.165, 1.54) is 0 Å². The highest BCUT2D eigenvalue weighted by molar-refractivity contribution is 7.88. The smallest absolute Gasteiger partial charge is 0.225 e. The Morgan fingerprint density at radius 2 is 1.70 bits per heavy atom. The number of sulfonamides is 1. The Morgan fingerprint density at radius 3 is 2.25 bits per heavy atom. The topological polar surface area (TPSA) is 75.3 Å². The van der Waals surface area contributed by atoms with Gasteiger partial charge in [0.05, 0.1) is 5.75 Å². The molecule has 0 heterocycles. The van der Waals surface area contributed by atoms with Crippen molar-refractivity contribution < 1.29 is 13.2 Å². The number of benzene rings is 1. The highest BCUT2D eigenvalue weighted by Crippen LogP contribution is 2.11. The maximum atomic E-state index is 11.8. The summed E-state index contributed by atoms with van der Waals surface area (Å²) in [6, 6.07) is 8.97. The summed E-state index contributed by atoms with van der Waals surface area (Å²) < 4.78 is 26.1. The normalized spacial score (nSPS) is 12.2. The van der Waals surface area contributed by atoms with Crippen molar-refractivity contribution in [3.63, 3.8) is 0 Å². The Hall–Kier alpha value is -1.40. The first-order chi connectivity index (χ1) is 9.21. The highest BCUT2D eigenvalue weighted by Gasteiger charge is 2.20. The van der Waals surface area contributed by atoms with E-state index >= 15 is 0 Å². The molecule has 0 aliphatic rings. The molecule has 5 nitrogen and oxygen atoms in total. The molecule has 1 aromatic rings. The molecule has 0 aromatic heterocycles. The van der Waals surface area contributed by atoms with Gasteiger partial charge in [0.15, 0.2) is 0 Å². The first-order valence-electron chi connectivity index (χ1n) is 6.50. The van der Waals surface area contributed by atoms with Gasteiger partial charge in [-0.3, -0.25) is 4.79 Å². The summed E-state index contributed by atoms with van der Waals surface area (Å²) in [7, 11) is -3.37. The van der Waals surface area contributed by atoms with Crippen LogP contribution < -0.4 is 10.0 Å². The molecule has 112 valence electrons. The van der Waals surface area contributed by atoms with Gasteiger partial charge in [0.2, 0.25) is 15.9 Å². The van der Waals surface area contributed by atoms with Gasteiger partial charge in [-0.15, -0.1) is 0 Å². The van der Waals surface area contributed by atoms with Crippen molar-refractivity contribution in [1.29, 1.82) is 0 Å². The number of carbonyl (C=O) groups is 1. The second-order valence-corrected chi connectivity index (χ2v) is 7.45. The quantitative estimate of drug-likeness (QED) is 0.777. The summed E-state index contributed by atoms with van der Waals surface area (Å²) in [6.07, 6.45) is 0. The van der Waals surface area contributed by atoms with Crippen LogP contribution in [0.15, 0.2) is 30.3 Å². The van der Waals surface area contributed by atoms with Crippen molar-refractivity contribution in [2.24, 2.45) is 5.41 Å². The first kappa shape index (κ1) is 16.7. The van der Waals surface area contributed by atoms with Crippen molar-refractivity contribution in [2.75, 3.05) is 13.1 Å². The number of rotatable bonds is 6. The van der Waals surface area contributed by atoms with Crippen molar-refractivity contribution in [1.82, 2.24) is 10.0 Å². The van der Waals surface area contributed by atoms with Crippen LogP contribution in [0.4, 0.5) is 0 Å². The van der Waals surface area contributed by atoms with Gasteiger partial charge in [0.1, 0.15) is 0 Å². The minimum Gasteiger partial charge on any atom is -0.354 e. The molecule has 0 saturated heterocycles. The highest BCUT2D eigenvalue weighted by atomic mass is 32.2. The molecule has 1 amide bonds. The van der Waals surface area contributed by atoms with Crippen LogP contribution >= 0.6 is 0 Å². The number of nitrogens with one attached hydrogen (secondary N) is 2. The number of amides is 1. The summed E-state index contributed by atoms with van der Waals surface area (Å²) in [4.78, 5) is 11.6. The van der Waals surface area contributed by atoms with E-state index < -0.39 is 15.4 Å². The van der Waals surface area contributed by atoms with E-state index in [-0.39, 0.29) is 24.7 Å². The molecule has 0 bridgehead atoms. The van der Waals surface area contributed by atoms with E-state index in [1.54, 1.807) is 24.3 Å². The number of hydrogen-bond acceptors (Lipinski definition) is 3. The lowest BCUT2D eigenvalue weighted by molar-refractivity contribution is -0.128. The van der Waals surface area contributed by atoms with Crippen LogP contribution in [0.2, 0.25) is 0 Å². The Labute approximate surface area is 120 Å². The maximum Gasteiger partial charge on any atom is 0.225 e. The van der Waals surface area contributed by atoms with Gasteiger partial charge in [-0.05, 0) is 5.56 Å². The van der Waals surface area contributed by atoms with E-state index in [2.05, 4.69) is 10.0 Å². The van der Waals surface area contributed by atoms with Gasteiger partial charge in [0, 0.05) is 18.5 Å². The molecule has 2 N–H and O–H groups in total. The van der Waals surface area contributed by atoms with Crippen LogP contribution in [-0.2, 0) is 20.6 Å². The van der Waals surface area contributed by atoms with E-state index in [4.69, 9.17) is 0 Å². The molecule has 0 saturated carbocycles. The fourth-order valence-electron chi connectivity index (χ4n) is 1.49. The van der Waals surface area contributed by atoms with Crippen molar-refractivity contribution in [3.8, 4) is 0 Å². The Balaban J connectivity index is 2.36. The average Bonchev–Trinajstić information content (AvgIpc) is 2.34. The third kappa shape index (κ3) is 6.16. The molecule has 1 rings (SSSR count). The maximum absolute atomic E-state index is 11.8. The standard InChI is InChI=1S/C14H22N2O3S/c1-14(2,3)13(17)15-9-10-16-20(18,19)11-12-7-5-4-6-8-12/h4-8,16H,9-11H2,1-3H3,(H,15,17). The summed E-state index contributed by atoms with van der Waals surface area (Å²) in [5.74, 6) is -0.152. The molecule has 0 atom stereocenters. The lowest BCUT2D eigenvalue weighted by Gasteiger charge is -2.17. The van der Waals surface area contributed by atoms with E-state index in [0.717, 1.165) is 5.56 Å². The second-order valence-electron chi connectivity index (χ2n) is 5.64. The van der Waals surface area contributed by atoms with Gasteiger partial charge in [-0.2, -0.15) is 0 Å². The van der Waals surface area contributed by atoms with Crippen LogP contribution in [0.1, 0.15) is 26.3 Å². The zero-order valence-corrected chi connectivity index (χ0v) is 13.0. The molecule has 0 spiro atoms. The zero-order valence-electron chi connectivity index (χ0n) is 12.1. The van der Waals surface area contributed by atoms with Crippen LogP contribution in [0.5, 0.6) is 0 Å².